The van der Waals surface area contributed by atoms with E-state index in [0.29, 0.717) is 11.9 Å². The standard InChI is InChI=1S/C14H16BrF2N3/c1-8(2)6-20-7-9(3)18-14(20)19-13-4-10(15)11(16)5-12(13)17/h4-5,7-8H,6H2,1-3H3,(H,18,19). The van der Waals surface area contributed by atoms with E-state index < -0.39 is 11.6 Å². The number of benzene rings is 1. The lowest BCUT2D eigenvalue weighted by Crippen LogP contribution is -2.08. The van der Waals surface area contributed by atoms with Crippen molar-refractivity contribution < 1.29 is 8.78 Å². The van der Waals surface area contributed by atoms with Gasteiger partial charge in [0.1, 0.15) is 11.6 Å². The first-order valence-corrected chi connectivity index (χ1v) is 7.11. The van der Waals surface area contributed by atoms with Crippen molar-refractivity contribution in [3.63, 3.8) is 0 Å². The van der Waals surface area contributed by atoms with E-state index in [9.17, 15) is 8.78 Å². The molecule has 1 aromatic heterocycles. The highest BCUT2D eigenvalue weighted by Crippen LogP contribution is 2.26. The minimum absolute atomic E-state index is 0.189. The molecule has 0 aliphatic rings. The zero-order valence-electron chi connectivity index (χ0n) is 11.5. The predicted octanol–water partition coefficient (Wildman–Crippen LogP) is 4.63. The summed E-state index contributed by atoms with van der Waals surface area (Å²) in [7, 11) is 0. The van der Waals surface area contributed by atoms with E-state index in [4.69, 9.17) is 0 Å². The minimum Gasteiger partial charge on any atom is -0.323 e. The van der Waals surface area contributed by atoms with Crippen molar-refractivity contribution in [3.8, 4) is 0 Å². The Morgan fingerprint density at radius 2 is 2.00 bits per heavy atom. The van der Waals surface area contributed by atoms with Gasteiger partial charge < -0.3 is 9.88 Å². The number of nitrogens with zero attached hydrogens (tertiary/aromatic N) is 2. The second-order valence-corrected chi connectivity index (χ2v) is 5.98. The van der Waals surface area contributed by atoms with Gasteiger partial charge in [0.05, 0.1) is 15.9 Å². The highest BCUT2D eigenvalue weighted by Gasteiger charge is 2.12. The van der Waals surface area contributed by atoms with Crippen molar-refractivity contribution >= 4 is 27.6 Å². The van der Waals surface area contributed by atoms with Crippen LogP contribution in [0.25, 0.3) is 0 Å². The van der Waals surface area contributed by atoms with Crippen LogP contribution in [0.4, 0.5) is 20.4 Å². The molecule has 3 nitrogen and oxygen atoms in total. The van der Waals surface area contributed by atoms with E-state index in [1.807, 2.05) is 17.7 Å². The Morgan fingerprint density at radius 1 is 1.30 bits per heavy atom. The first-order valence-electron chi connectivity index (χ1n) is 6.32. The summed E-state index contributed by atoms with van der Waals surface area (Å²) in [5.41, 5.74) is 1.03. The van der Waals surface area contributed by atoms with Crippen LogP contribution >= 0.6 is 15.9 Å². The monoisotopic (exact) mass is 343 g/mol. The fourth-order valence-electron chi connectivity index (χ4n) is 1.92. The number of aromatic nitrogens is 2. The van der Waals surface area contributed by atoms with Gasteiger partial charge in [-0.05, 0) is 34.8 Å². The Balaban J connectivity index is 2.32. The van der Waals surface area contributed by atoms with Gasteiger partial charge in [-0.25, -0.2) is 13.8 Å². The molecule has 0 saturated heterocycles. The Hall–Kier alpha value is -1.43. The fourth-order valence-corrected chi connectivity index (χ4v) is 2.26. The first-order chi connectivity index (χ1) is 9.36. The van der Waals surface area contributed by atoms with Crippen LogP contribution in [0.3, 0.4) is 0 Å². The maximum Gasteiger partial charge on any atom is 0.207 e. The van der Waals surface area contributed by atoms with Crippen molar-refractivity contribution in [1.29, 1.82) is 0 Å². The van der Waals surface area contributed by atoms with Gasteiger partial charge in [0.25, 0.3) is 0 Å². The van der Waals surface area contributed by atoms with Gasteiger partial charge in [-0.2, -0.15) is 0 Å². The number of anilines is 2. The number of halogens is 3. The summed E-state index contributed by atoms with van der Waals surface area (Å²) in [6.45, 7) is 6.83. The molecule has 0 bridgehead atoms. The van der Waals surface area contributed by atoms with Gasteiger partial charge >= 0.3 is 0 Å². The summed E-state index contributed by atoms with van der Waals surface area (Å²) in [5, 5.41) is 2.92. The molecule has 108 valence electrons. The second kappa shape index (κ2) is 5.91. The van der Waals surface area contributed by atoms with E-state index >= 15 is 0 Å². The van der Waals surface area contributed by atoms with Gasteiger partial charge in [0.2, 0.25) is 5.95 Å². The van der Waals surface area contributed by atoms with E-state index in [1.165, 1.54) is 6.07 Å². The molecule has 0 aliphatic heterocycles. The summed E-state index contributed by atoms with van der Waals surface area (Å²) in [5.74, 6) is -0.292. The van der Waals surface area contributed by atoms with Crippen LogP contribution in [-0.4, -0.2) is 9.55 Å². The topological polar surface area (TPSA) is 29.9 Å². The van der Waals surface area contributed by atoms with Crippen LogP contribution < -0.4 is 5.32 Å². The van der Waals surface area contributed by atoms with Gasteiger partial charge in [0, 0.05) is 18.8 Å². The average Bonchev–Trinajstić information content (AvgIpc) is 2.65. The quantitative estimate of drug-likeness (QED) is 0.820. The zero-order valence-corrected chi connectivity index (χ0v) is 13.1. The molecular formula is C14H16BrF2N3. The van der Waals surface area contributed by atoms with E-state index in [-0.39, 0.29) is 10.2 Å². The molecule has 0 amide bonds. The molecule has 0 aliphatic carbocycles. The Bertz CT molecular complexity index is 623. The lowest BCUT2D eigenvalue weighted by atomic mass is 10.2. The molecule has 0 saturated carbocycles. The summed E-state index contributed by atoms with van der Waals surface area (Å²) < 4.78 is 29.1. The Morgan fingerprint density at radius 3 is 2.65 bits per heavy atom. The largest absolute Gasteiger partial charge is 0.323 e. The van der Waals surface area contributed by atoms with E-state index in [2.05, 4.69) is 40.1 Å². The SMILES string of the molecule is Cc1cn(CC(C)C)c(Nc2cc(Br)c(F)cc2F)n1. The molecule has 6 heteroatoms. The lowest BCUT2D eigenvalue weighted by molar-refractivity contribution is 0.527. The normalized spacial score (nSPS) is 11.2. The molecule has 2 aromatic rings. The lowest BCUT2D eigenvalue weighted by Gasteiger charge is -2.12. The summed E-state index contributed by atoms with van der Waals surface area (Å²) in [6, 6.07) is 2.21. The molecular weight excluding hydrogens is 328 g/mol. The van der Waals surface area contributed by atoms with E-state index in [0.717, 1.165) is 18.3 Å². The number of nitrogens with one attached hydrogen (secondary N) is 1. The minimum atomic E-state index is -0.651. The van der Waals surface area contributed by atoms with Crippen molar-refractivity contribution in [1.82, 2.24) is 9.55 Å². The first kappa shape index (κ1) is 15.0. The van der Waals surface area contributed by atoms with Crippen LogP contribution in [0.5, 0.6) is 0 Å². The third kappa shape index (κ3) is 3.36. The smallest absolute Gasteiger partial charge is 0.207 e. The van der Waals surface area contributed by atoms with Gasteiger partial charge in [-0.3, -0.25) is 0 Å². The van der Waals surface area contributed by atoms with Gasteiger partial charge in [0.15, 0.2) is 0 Å². The molecule has 20 heavy (non-hydrogen) atoms. The maximum absolute atomic E-state index is 13.8. The number of aryl methyl sites for hydroxylation is 1. The maximum atomic E-state index is 13.8. The van der Waals surface area contributed by atoms with Gasteiger partial charge in [-0.15, -0.1) is 0 Å². The molecule has 2 rings (SSSR count). The molecule has 0 spiro atoms. The Kier molecular flexibility index (Phi) is 4.42. The third-order valence-electron chi connectivity index (χ3n) is 2.72. The summed E-state index contributed by atoms with van der Waals surface area (Å²) >= 11 is 3.05. The molecule has 0 radical (unpaired) electrons. The van der Waals surface area contributed by atoms with Gasteiger partial charge in [-0.1, -0.05) is 13.8 Å². The molecule has 1 heterocycles. The molecule has 0 atom stereocenters. The molecule has 1 aromatic carbocycles. The van der Waals surface area contributed by atoms with Crippen LogP contribution in [0, 0.1) is 24.5 Å². The third-order valence-corrected chi connectivity index (χ3v) is 3.32. The van der Waals surface area contributed by atoms with Crippen LogP contribution in [0.1, 0.15) is 19.5 Å². The molecule has 1 N–H and O–H groups in total. The number of imidazole rings is 1. The summed E-state index contributed by atoms with van der Waals surface area (Å²) in [4.78, 5) is 4.33. The number of rotatable bonds is 4. The van der Waals surface area contributed by atoms with Crippen LogP contribution in [-0.2, 0) is 6.54 Å². The molecule has 0 fully saturated rings. The molecule has 0 unspecified atom stereocenters. The predicted molar refractivity (Wildman–Crippen MR) is 79.1 cm³/mol. The van der Waals surface area contributed by atoms with Crippen molar-refractivity contribution in [2.24, 2.45) is 5.92 Å². The second-order valence-electron chi connectivity index (χ2n) is 5.12. The van der Waals surface area contributed by atoms with Crippen molar-refractivity contribution in [3.05, 3.63) is 40.1 Å². The highest BCUT2D eigenvalue weighted by molar-refractivity contribution is 9.10. The van der Waals surface area contributed by atoms with Crippen LogP contribution in [0.15, 0.2) is 22.8 Å². The fraction of sp³-hybridized carbons (Fsp3) is 0.357. The van der Waals surface area contributed by atoms with Crippen molar-refractivity contribution in [2.75, 3.05) is 5.32 Å². The van der Waals surface area contributed by atoms with Crippen LogP contribution in [0.2, 0.25) is 0 Å². The van der Waals surface area contributed by atoms with E-state index in [1.54, 1.807) is 0 Å². The Labute approximate surface area is 125 Å². The van der Waals surface area contributed by atoms with Crippen molar-refractivity contribution in [2.45, 2.75) is 27.3 Å². The highest BCUT2D eigenvalue weighted by atomic mass is 79.9. The zero-order chi connectivity index (χ0) is 14.9. The number of hydrogen-bond acceptors (Lipinski definition) is 2. The summed E-state index contributed by atoms with van der Waals surface area (Å²) in [6.07, 6.45) is 1.90. The average molecular weight is 344 g/mol. The number of hydrogen-bond donors (Lipinski definition) is 1.